The Labute approximate surface area is 149 Å². The molecule has 9 heteroatoms. The number of hydrogen-bond acceptors (Lipinski definition) is 7. The van der Waals surface area contributed by atoms with Gasteiger partial charge in [0, 0.05) is 25.2 Å². The second kappa shape index (κ2) is 6.83. The second-order valence-electron chi connectivity index (χ2n) is 6.40. The van der Waals surface area contributed by atoms with E-state index < -0.39 is 12.2 Å². The predicted octanol–water partition coefficient (Wildman–Crippen LogP) is 1.76. The lowest BCUT2D eigenvalue weighted by molar-refractivity contribution is 0.102. The summed E-state index contributed by atoms with van der Waals surface area (Å²) in [7, 11) is 0. The molecule has 0 spiro atoms. The number of halogens is 1. The zero-order chi connectivity index (χ0) is 18.1. The molecule has 0 saturated carbocycles. The molecule has 0 radical (unpaired) electrons. The van der Waals surface area contributed by atoms with E-state index in [9.17, 15) is 9.18 Å². The fraction of sp³-hybridized carbons (Fsp3) is 0.412. The molecule has 3 heterocycles. The van der Waals surface area contributed by atoms with Crippen LogP contribution in [0.4, 0.5) is 20.6 Å². The SMILES string of the molecule is N[C@@H]1CCN(c2ccc(N3C[C@H](COc4ccon4)OC3=O)cc2F)C1. The van der Waals surface area contributed by atoms with Crippen molar-refractivity contribution in [2.75, 3.05) is 36.0 Å². The highest BCUT2D eigenvalue weighted by atomic mass is 19.1. The summed E-state index contributed by atoms with van der Waals surface area (Å²) in [6, 6.07) is 6.36. The van der Waals surface area contributed by atoms with Gasteiger partial charge in [-0.25, -0.2) is 9.18 Å². The fourth-order valence-corrected chi connectivity index (χ4v) is 3.20. The molecule has 0 bridgehead atoms. The van der Waals surface area contributed by atoms with Gasteiger partial charge in [0.25, 0.3) is 5.88 Å². The molecular formula is C17H19FN4O4. The number of carbonyl (C=O) groups is 1. The van der Waals surface area contributed by atoms with Gasteiger partial charge in [0.1, 0.15) is 18.7 Å². The van der Waals surface area contributed by atoms with Crippen LogP contribution in [0.25, 0.3) is 0 Å². The van der Waals surface area contributed by atoms with Crippen molar-refractivity contribution in [1.29, 1.82) is 0 Å². The molecule has 2 saturated heterocycles. The molecule has 8 nitrogen and oxygen atoms in total. The van der Waals surface area contributed by atoms with Crippen molar-refractivity contribution in [3.8, 4) is 5.88 Å². The van der Waals surface area contributed by atoms with Crippen molar-refractivity contribution >= 4 is 17.5 Å². The van der Waals surface area contributed by atoms with E-state index in [0.29, 0.717) is 23.8 Å². The van der Waals surface area contributed by atoms with E-state index in [1.54, 1.807) is 18.2 Å². The summed E-state index contributed by atoms with van der Waals surface area (Å²) < 4.78 is 29.9. The number of benzene rings is 1. The van der Waals surface area contributed by atoms with Crippen molar-refractivity contribution in [2.45, 2.75) is 18.6 Å². The van der Waals surface area contributed by atoms with E-state index in [4.69, 9.17) is 15.2 Å². The zero-order valence-corrected chi connectivity index (χ0v) is 14.0. The normalized spacial score (nSPS) is 22.8. The Morgan fingerprint density at radius 3 is 2.92 bits per heavy atom. The molecule has 1 aromatic carbocycles. The quantitative estimate of drug-likeness (QED) is 0.866. The molecule has 2 fully saturated rings. The predicted molar refractivity (Wildman–Crippen MR) is 90.8 cm³/mol. The molecule has 138 valence electrons. The number of nitrogens with two attached hydrogens (primary N) is 1. The first-order valence-corrected chi connectivity index (χ1v) is 8.41. The van der Waals surface area contributed by atoms with Gasteiger partial charge in [0.2, 0.25) is 0 Å². The van der Waals surface area contributed by atoms with Crippen LogP contribution in [0, 0.1) is 5.82 Å². The minimum atomic E-state index is -0.533. The first kappa shape index (κ1) is 16.6. The van der Waals surface area contributed by atoms with E-state index in [2.05, 4.69) is 9.68 Å². The van der Waals surface area contributed by atoms with Crippen molar-refractivity contribution < 1.29 is 23.2 Å². The average molecular weight is 362 g/mol. The van der Waals surface area contributed by atoms with E-state index in [0.717, 1.165) is 13.0 Å². The maximum atomic E-state index is 14.5. The molecule has 2 aliphatic rings. The van der Waals surface area contributed by atoms with Crippen LogP contribution in [0.15, 0.2) is 35.1 Å². The fourth-order valence-electron chi connectivity index (χ4n) is 3.20. The Kier molecular flexibility index (Phi) is 4.37. The summed E-state index contributed by atoms with van der Waals surface area (Å²) in [5.41, 5.74) is 6.83. The van der Waals surface area contributed by atoms with Gasteiger partial charge in [-0.2, -0.15) is 0 Å². The van der Waals surface area contributed by atoms with Gasteiger partial charge < -0.3 is 24.6 Å². The number of hydrogen-bond donors (Lipinski definition) is 1. The highest BCUT2D eigenvalue weighted by Gasteiger charge is 2.33. The first-order chi connectivity index (χ1) is 12.6. The number of rotatable bonds is 5. The summed E-state index contributed by atoms with van der Waals surface area (Å²) in [5.74, 6) is -0.0644. The molecule has 2 aromatic rings. The Morgan fingerprint density at radius 2 is 2.23 bits per heavy atom. The Hall–Kier alpha value is -2.81. The van der Waals surface area contributed by atoms with Crippen LogP contribution in [-0.2, 0) is 4.74 Å². The number of carbonyl (C=O) groups excluding carboxylic acids is 1. The van der Waals surface area contributed by atoms with Crippen LogP contribution >= 0.6 is 0 Å². The topological polar surface area (TPSA) is 94.1 Å². The molecule has 0 unspecified atom stereocenters. The van der Waals surface area contributed by atoms with Gasteiger partial charge in [0.05, 0.1) is 17.9 Å². The third-order valence-electron chi connectivity index (χ3n) is 4.51. The molecule has 26 heavy (non-hydrogen) atoms. The molecule has 1 aromatic heterocycles. The highest BCUT2D eigenvalue weighted by molar-refractivity contribution is 5.90. The van der Waals surface area contributed by atoms with E-state index >= 15 is 0 Å². The lowest BCUT2D eigenvalue weighted by atomic mass is 10.2. The summed E-state index contributed by atoms with van der Waals surface area (Å²) in [6.07, 6.45) is 1.22. The van der Waals surface area contributed by atoms with Crippen LogP contribution in [0.1, 0.15) is 6.42 Å². The molecule has 2 atom stereocenters. The number of aromatic nitrogens is 1. The second-order valence-corrected chi connectivity index (χ2v) is 6.40. The molecule has 0 aliphatic carbocycles. The maximum absolute atomic E-state index is 14.5. The molecular weight excluding hydrogens is 343 g/mol. The van der Waals surface area contributed by atoms with Crippen LogP contribution in [0.2, 0.25) is 0 Å². The van der Waals surface area contributed by atoms with Crippen molar-refractivity contribution in [3.05, 3.63) is 36.3 Å². The van der Waals surface area contributed by atoms with Crippen LogP contribution in [-0.4, -0.2) is 49.6 Å². The van der Waals surface area contributed by atoms with Crippen LogP contribution in [0.5, 0.6) is 5.88 Å². The Balaban J connectivity index is 1.42. The van der Waals surface area contributed by atoms with Crippen molar-refractivity contribution in [3.63, 3.8) is 0 Å². The van der Waals surface area contributed by atoms with E-state index in [1.807, 2.05) is 4.90 Å². The number of anilines is 2. The minimum Gasteiger partial charge on any atom is -0.471 e. The number of nitrogens with zero attached hydrogens (tertiary/aromatic N) is 3. The Bertz CT molecular complexity index is 785. The van der Waals surface area contributed by atoms with Crippen molar-refractivity contribution in [1.82, 2.24) is 5.16 Å². The zero-order valence-electron chi connectivity index (χ0n) is 14.0. The first-order valence-electron chi connectivity index (χ1n) is 8.41. The van der Waals surface area contributed by atoms with E-state index in [1.165, 1.54) is 17.2 Å². The number of ether oxygens (including phenoxy) is 2. The smallest absolute Gasteiger partial charge is 0.414 e. The molecule has 1 amide bonds. The van der Waals surface area contributed by atoms with Gasteiger partial charge in [-0.3, -0.25) is 4.90 Å². The van der Waals surface area contributed by atoms with Gasteiger partial charge in [-0.1, -0.05) is 0 Å². The lowest BCUT2D eigenvalue weighted by Gasteiger charge is -2.20. The van der Waals surface area contributed by atoms with Crippen molar-refractivity contribution in [2.24, 2.45) is 5.73 Å². The largest absolute Gasteiger partial charge is 0.471 e. The molecule has 2 aliphatic heterocycles. The number of amides is 1. The highest BCUT2D eigenvalue weighted by Crippen LogP contribution is 2.29. The molecule has 4 rings (SSSR count). The lowest BCUT2D eigenvalue weighted by Crippen LogP contribution is -2.28. The Morgan fingerprint density at radius 1 is 1.35 bits per heavy atom. The van der Waals surface area contributed by atoms with E-state index in [-0.39, 0.29) is 25.0 Å². The van der Waals surface area contributed by atoms with Gasteiger partial charge in [-0.15, -0.1) is 0 Å². The average Bonchev–Trinajstić information content (AvgIpc) is 3.34. The van der Waals surface area contributed by atoms with Crippen LogP contribution < -0.4 is 20.3 Å². The van der Waals surface area contributed by atoms with Gasteiger partial charge >= 0.3 is 6.09 Å². The summed E-state index contributed by atoms with van der Waals surface area (Å²) >= 11 is 0. The summed E-state index contributed by atoms with van der Waals surface area (Å²) in [5, 5.41) is 3.62. The summed E-state index contributed by atoms with van der Waals surface area (Å²) in [4.78, 5) is 15.4. The van der Waals surface area contributed by atoms with Crippen LogP contribution in [0.3, 0.4) is 0 Å². The molecule has 2 N–H and O–H groups in total. The third kappa shape index (κ3) is 3.30. The van der Waals surface area contributed by atoms with Gasteiger partial charge in [-0.05, 0) is 29.8 Å². The number of cyclic esters (lactones) is 1. The minimum absolute atomic E-state index is 0.0631. The van der Waals surface area contributed by atoms with Gasteiger partial charge in [0.15, 0.2) is 6.10 Å². The standard InChI is InChI=1S/C17H19FN4O4/c18-14-7-12(1-2-15(14)21-5-3-11(19)8-21)22-9-13(26-17(22)23)10-24-16-4-6-25-20-16/h1-2,4,6-7,11,13H,3,5,8-10,19H2/t11-,13-/m1/s1. The monoisotopic (exact) mass is 362 g/mol. The maximum Gasteiger partial charge on any atom is 0.414 e. The third-order valence-corrected chi connectivity index (χ3v) is 4.51. The summed E-state index contributed by atoms with van der Waals surface area (Å²) in [6.45, 7) is 1.76.